The summed E-state index contributed by atoms with van der Waals surface area (Å²) in [6.45, 7) is 0.862. The molecule has 0 saturated heterocycles. The first-order chi connectivity index (χ1) is 10.1. The molecule has 0 spiro atoms. The molecule has 0 atom stereocenters. The lowest BCUT2D eigenvalue weighted by Crippen LogP contribution is -2.36. The first-order valence-electron chi connectivity index (χ1n) is 6.55. The number of hydrogen-bond acceptors (Lipinski definition) is 5. The van der Waals surface area contributed by atoms with Crippen LogP contribution in [0.25, 0.3) is 0 Å². The van der Waals surface area contributed by atoms with E-state index in [-0.39, 0.29) is 11.7 Å². The minimum atomic E-state index is -3.55. The van der Waals surface area contributed by atoms with Gasteiger partial charge in [0.15, 0.2) is 11.5 Å². The van der Waals surface area contributed by atoms with Gasteiger partial charge in [0, 0.05) is 19.0 Å². The minimum absolute atomic E-state index is 0.125. The maximum atomic E-state index is 12.7. The summed E-state index contributed by atoms with van der Waals surface area (Å²) in [4.78, 5) is 7.39. The van der Waals surface area contributed by atoms with Gasteiger partial charge in [0.1, 0.15) is 0 Å². The van der Waals surface area contributed by atoms with Crippen LogP contribution < -0.4 is 9.47 Å². The Hall–Kier alpha value is -2.06. The number of fused-ring (bicyclic) bond motifs is 2. The average molecular weight is 307 g/mol. The van der Waals surface area contributed by atoms with E-state index < -0.39 is 10.0 Å². The van der Waals surface area contributed by atoms with E-state index in [9.17, 15) is 8.42 Å². The molecule has 8 heteroatoms. The number of aromatic amines is 1. The number of H-pyrrole nitrogens is 1. The first kappa shape index (κ1) is 12.7. The number of imidazole rings is 1. The molecule has 3 heterocycles. The lowest BCUT2D eigenvalue weighted by atomic mass is 10.2. The van der Waals surface area contributed by atoms with Crippen molar-refractivity contribution in [2.24, 2.45) is 0 Å². The number of nitrogens with one attached hydrogen (secondary N) is 1. The Morgan fingerprint density at radius 2 is 2.10 bits per heavy atom. The van der Waals surface area contributed by atoms with Crippen molar-refractivity contribution in [3.8, 4) is 11.5 Å². The Labute approximate surface area is 121 Å². The quantitative estimate of drug-likeness (QED) is 0.890. The van der Waals surface area contributed by atoms with E-state index in [1.165, 1.54) is 10.4 Å². The van der Waals surface area contributed by atoms with Gasteiger partial charge in [0.2, 0.25) is 16.8 Å². The summed E-state index contributed by atoms with van der Waals surface area (Å²) in [5.41, 5.74) is 1.79. The van der Waals surface area contributed by atoms with Crippen LogP contribution in [0.5, 0.6) is 11.5 Å². The number of benzene rings is 1. The maximum Gasteiger partial charge on any atom is 0.243 e. The SMILES string of the molecule is O=S(=O)(c1ccc2c(c1)OCO2)N1CCc2nc[nH]c2C1. The summed E-state index contributed by atoms with van der Waals surface area (Å²) in [6.07, 6.45) is 2.21. The molecule has 0 fully saturated rings. The topological polar surface area (TPSA) is 84.5 Å². The lowest BCUT2D eigenvalue weighted by molar-refractivity contribution is 0.174. The van der Waals surface area contributed by atoms with Crippen LogP contribution in [0.4, 0.5) is 0 Å². The van der Waals surface area contributed by atoms with Gasteiger partial charge >= 0.3 is 0 Å². The molecule has 1 aromatic carbocycles. The molecule has 2 aromatic rings. The molecule has 0 amide bonds. The van der Waals surface area contributed by atoms with Gasteiger partial charge in [-0.1, -0.05) is 0 Å². The van der Waals surface area contributed by atoms with Gasteiger partial charge < -0.3 is 14.5 Å². The molecule has 4 rings (SSSR count). The summed E-state index contributed by atoms with van der Waals surface area (Å²) >= 11 is 0. The minimum Gasteiger partial charge on any atom is -0.454 e. The molecule has 7 nitrogen and oxygen atoms in total. The molecule has 0 saturated carbocycles. The van der Waals surface area contributed by atoms with Gasteiger partial charge in [-0.15, -0.1) is 0 Å². The monoisotopic (exact) mass is 307 g/mol. The number of hydrogen-bond donors (Lipinski definition) is 1. The van der Waals surface area contributed by atoms with Crippen LogP contribution in [0.15, 0.2) is 29.4 Å². The van der Waals surface area contributed by atoms with Crippen LogP contribution in [0, 0.1) is 0 Å². The molecular formula is C13H13N3O4S. The third kappa shape index (κ3) is 1.98. The molecule has 0 bridgehead atoms. The van der Waals surface area contributed by atoms with Gasteiger partial charge in [-0.25, -0.2) is 13.4 Å². The third-order valence-electron chi connectivity index (χ3n) is 3.72. The molecule has 21 heavy (non-hydrogen) atoms. The molecule has 0 radical (unpaired) electrons. The highest BCUT2D eigenvalue weighted by molar-refractivity contribution is 7.89. The Bertz CT molecular complexity index is 799. The van der Waals surface area contributed by atoms with E-state index in [0.29, 0.717) is 31.0 Å². The summed E-state index contributed by atoms with van der Waals surface area (Å²) in [7, 11) is -3.55. The molecule has 0 unspecified atom stereocenters. The maximum absolute atomic E-state index is 12.7. The largest absolute Gasteiger partial charge is 0.454 e. The van der Waals surface area contributed by atoms with E-state index in [2.05, 4.69) is 9.97 Å². The van der Waals surface area contributed by atoms with Crippen LogP contribution in [0.1, 0.15) is 11.4 Å². The number of ether oxygens (including phenoxy) is 2. The predicted molar refractivity (Wildman–Crippen MR) is 72.5 cm³/mol. The zero-order valence-electron chi connectivity index (χ0n) is 11.1. The van der Waals surface area contributed by atoms with Gasteiger partial charge in [0.25, 0.3) is 0 Å². The second-order valence-corrected chi connectivity index (χ2v) is 6.87. The van der Waals surface area contributed by atoms with Gasteiger partial charge in [0.05, 0.1) is 29.2 Å². The lowest BCUT2D eigenvalue weighted by Gasteiger charge is -2.25. The van der Waals surface area contributed by atoms with E-state index in [4.69, 9.17) is 9.47 Å². The van der Waals surface area contributed by atoms with E-state index in [1.807, 2.05) is 0 Å². The number of aromatic nitrogens is 2. The highest BCUT2D eigenvalue weighted by atomic mass is 32.2. The molecule has 110 valence electrons. The van der Waals surface area contributed by atoms with Gasteiger partial charge in [-0.05, 0) is 12.1 Å². The fourth-order valence-electron chi connectivity index (χ4n) is 2.58. The van der Waals surface area contributed by atoms with E-state index in [1.54, 1.807) is 18.5 Å². The fraction of sp³-hybridized carbons (Fsp3) is 0.308. The smallest absolute Gasteiger partial charge is 0.243 e. The summed E-state index contributed by atoms with van der Waals surface area (Å²) in [6, 6.07) is 4.69. The predicted octanol–water partition coefficient (Wildman–Crippen LogP) is 0.885. The molecular weight excluding hydrogens is 294 g/mol. The first-order valence-corrected chi connectivity index (χ1v) is 7.99. The fourth-order valence-corrected chi connectivity index (χ4v) is 4.00. The summed E-state index contributed by atoms with van der Waals surface area (Å²) in [5, 5.41) is 0. The van der Waals surface area contributed by atoms with Crippen molar-refractivity contribution in [2.45, 2.75) is 17.9 Å². The number of rotatable bonds is 2. The summed E-state index contributed by atoms with van der Waals surface area (Å²) < 4.78 is 37.3. The van der Waals surface area contributed by atoms with Crippen molar-refractivity contribution in [3.63, 3.8) is 0 Å². The highest BCUT2D eigenvalue weighted by Crippen LogP contribution is 2.35. The molecule has 0 aliphatic carbocycles. The van der Waals surface area contributed by atoms with Crippen molar-refractivity contribution in [2.75, 3.05) is 13.3 Å². The van der Waals surface area contributed by atoms with Crippen molar-refractivity contribution in [3.05, 3.63) is 35.9 Å². The van der Waals surface area contributed by atoms with Crippen LogP contribution in [-0.4, -0.2) is 36.0 Å². The highest BCUT2D eigenvalue weighted by Gasteiger charge is 2.30. The Morgan fingerprint density at radius 3 is 3.00 bits per heavy atom. The second-order valence-electron chi connectivity index (χ2n) is 4.93. The standard InChI is InChI=1S/C13H13N3O4S/c17-21(18,9-1-2-12-13(5-9)20-8-19-12)16-4-3-10-11(6-16)15-7-14-10/h1-2,5,7H,3-4,6,8H2,(H,14,15). The third-order valence-corrected chi connectivity index (χ3v) is 5.56. The Kier molecular flexibility index (Phi) is 2.69. The van der Waals surface area contributed by atoms with Gasteiger partial charge in [-0.2, -0.15) is 4.31 Å². The molecule has 2 aliphatic heterocycles. The zero-order chi connectivity index (χ0) is 14.4. The molecule has 2 aliphatic rings. The molecule has 1 N–H and O–H groups in total. The van der Waals surface area contributed by atoms with Crippen LogP contribution in [0.2, 0.25) is 0 Å². The average Bonchev–Trinajstić information content (AvgIpc) is 3.14. The van der Waals surface area contributed by atoms with E-state index >= 15 is 0 Å². The Balaban J connectivity index is 1.68. The zero-order valence-corrected chi connectivity index (χ0v) is 11.9. The van der Waals surface area contributed by atoms with Crippen molar-refractivity contribution >= 4 is 10.0 Å². The Morgan fingerprint density at radius 1 is 1.24 bits per heavy atom. The van der Waals surface area contributed by atoms with Crippen LogP contribution in [0.3, 0.4) is 0 Å². The molecule has 1 aromatic heterocycles. The number of sulfonamides is 1. The van der Waals surface area contributed by atoms with Crippen molar-refractivity contribution in [1.82, 2.24) is 14.3 Å². The van der Waals surface area contributed by atoms with Crippen molar-refractivity contribution < 1.29 is 17.9 Å². The van der Waals surface area contributed by atoms with Crippen LogP contribution >= 0.6 is 0 Å². The van der Waals surface area contributed by atoms with Gasteiger partial charge in [-0.3, -0.25) is 0 Å². The second kappa shape index (κ2) is 4.47. The van der Waals surface area contributed by atoms with Crippen LogP contribution in [-0.2, 0) is 23.0 Å². The van der Waals surface area contributed by atoms with E-state index in [0.717, 1.165) is 11.4 Å². The number of nitrogens with zero attached hydrogens (tertiary/aromatic N) is 2. The normalized spacial score (nSPS) is 17.7. The van der Waals surface area contributed by atoms with Crippen molar-refractivity contribution in [1.29, 1.82) is 0 Å². The summed E-state index contributed by atoms with van der Waals surface area (Å²) in [5.74, 6) is 1.04.